The molecule has 5 heteroatoms. The molecule has 0 unspecified atom stereocenters. The van der Waals surface area contributed by atoms with Crippen molar-refractivity contribution < 1.29 is 5.11 Å². The highest BCUT2D eigenvalue weighted by molar-refractivity contribution is 4.82. The molecule has 0 saturated carbocycles. The lowest BCUT2D eigenvalue weighted by atomic mass is 10.2. The summed E-state index contributed by atoms with van der Waals surface area (Å²) in [6, 6.07) is 0. The summed E-state index contributed by atoms with van der Waals surface area (Å²) in [4.78, 5) is 0. The summed E-state index contributed by atoms with van der Waals surface area (Å²) >= 11 is 0. The molecule has 0 radical (unpaired) electrons. The van der Waals surface area contributed by atoms with Crippen molar-refractivity contribution in [1.82, 2.24) is 20.1 Å². The van der Waals surface area contributed by atoms with Gasteiger partial charge in [-0.3, -0.25) is 0 Å². The van der Waals surface area contributed by atoms with Crippen molar-refractivity contribution in [3.05, 3.63) is 12.2 Å². The third-order valence-electron chi connectivity index (χ3n) is 2.10. The van der Waals surface area contributed by atoms with Gasteiger partial charge < -0.3 is 15.0 Å². The third kappa shape index (κ3) is 3.85. The van der Waals surface area contributed by atoms with Gasteiger partial charge in [-0.15, -0.1) is 10.2 Å². The minimum atomic E-state index is 0.295. The summed E-state index contributed by atoms with van der Waals surface area (Å²) < 4.78 is 1.90. The topological polar surface area (TPSA) is 63.0 Å². The number of nitrogens with zero attached hydrogens (tertiary/aromatic N) is 3. The van der Waals surface area contributed by atoms with Crippen molar-refractivity contribution in [3.8, 4) is 0 Å². The fraction of sp³-hybridized carbons (Fsp3) is 0.778. The number of hydrogen-bond donors (Lipinski definition) is 2. The molecule has 0 aromatic carbocycles. The van der Waals surface area contributed by atoms with Crippen LogP contribution in [0.25, 0.3) is 0 Å². The van der Waals surface area contributed by atoms with Crippen molar-refractivity contribution in [2.24, 2.45) is 7.05 Å². The van der Waals surface area contributed by atoms with Crippen LogP contribution in [-0.4, -0.2) is 33.0 Å². The van der Waals surface area contributed by atoms with Crippen molar-refractivity contribution >= 4 is 0 Å². The number of aryl methyl sites for hydroxylation is 1. The standard InChI is InChI=1S/C9H18N4O/c1-13-8-11-12-9(13)7-10-5-3-2-4-6-14/h8,10,14H,2-7H2,1H3. The van der Waals surface area contributed by atoms with E-state index in [1.165, 1.54) is 0 Å². The molecule has 2 N–H and O–H groups in total. The normalized spacial score (nSPS) is 10.7. The Kier molecular flexibility index (Phi) is 5.17. The van der Waals surface area contributed by atoms with E-state index in [0.717, 1.165) is 38.2 Å². The van der Waals surface area contributed by atoms with Gasteiger partial charge >= 0.3 is 0 Å². The number of unbranched alkanes of at least 4 members (excludes halogenated alkanes) is 2. The van der Waals surface area contributed by atoms with Gasteiger partial charge in [0, 0.05) is 13.7 Å². The van der Waals surface area contributed by atoms with Gasteiger partial charge in [-0.05, 0) is 25.8 Å². The van der Waals surface area contributed by atoms with Gasteiger partial charge in [-0.2, -0.15) is 0 Å². The first kappa shape index (κ1) is 11.1. The Morgan fingerprint density at radius 1 is 1.43 bits per heavy atom. The number of aromatic nitrogens is 3. The smallest absolute Gasteiger partial charge is 0.146 e. The highest BCUT2D eigenvalue weighted by Gasteiger charge is 1.98. The summed E-state index contributed by atoms with van der Waals surface area (Å²) in [6.45, 7) is 2.02. The summed E-state index contributed by atoms with van der Waals surface area (Å²) in [5, 5.41) is 19.6. The van der Waals surface area contributed by atoms with Gasteiger partial charge in [0.05, 0.1) is 6.54 Å². The maximum atomic E-state index is 8.57. The van der Waals surface area contributed by atoms with Crippen molar-refractivity contribution in [3.63, 3.8) is 0 Å². The Morgan fingerprint density at radius 2 is 2.29 bits per heavy atom. The lowest BCUT2D eigenvalue weighted by molar-refractivity contribution is 0.283. The second-order valence-corrected chi connectivity index (χ2v) is 3.32. The Hall–Kier alpha value is -0.940. The zero-order chi connectivity index (χ0) is 10.2. The predicted molar refractivity (Wildman–Crippen MR) is 53.6 cm³/mol. The average Bonchev–Trinajstić information content (AvgIpc) is 2.58. The number of rotatable bonds is 7. The molecule has 0 aliphatic heterocycles. The van der Waals surface area contributed by atoms with Gasteiger partial charge in [0.15, 0.2) is 0 Å². The number of aliphatic hydroxyl groups excluding tert-OH is 1. The fourth-order valence-electron chi connectivity index (χ4n) is 1.21. The van der Waals surface area contributed by atoms with E-state index < -0.39 is 0 Å². The zero-order valence-corrected chi connectivity index (χ0v) is 8.61. The number of nitrogens with one attached hydrogen (secondary N) is 1. The Balaban J connectivity index is 2.02. The second-order valence-electron chi connectivity index (χ2n) is 3.32. The van der Waals surface area contributed by atoms with Crippen LogP contribution in [0.1, 0.15) is 25.1 Å². The SMILES string of the molecule is Cn1cnnc1CNCCCCCO. The van der Waals surface area contributed by atoms with Crippen LogP contribution in [-0.2, 0) is 13.6 Å². The van der Waals surface area contributed by atoms with E-state index in [2.05, 4.69) is 15.5 Å². The highest BCUT2D eigenvalue weighted by Crippen LogP contribution is 1.94. The van der Waals surface area contributed by atoms with E-state index >= 15 is 0 Å². The Bertz CT molecular complexity index is 249. The molecule has 0 aliphatic rings. The summed E-state index contributed by atoms with van der Waals surface area (Å²) in [5.74, 6) is 0.951. The van der Waals surface area contributed by atoms with Crippen LogP contribution in [0.15, 0.2) is 6.33 Å². The molecule has 1 heterocycles. The van der Waals surface area contributed by atoms with Gasteiger partial charge in [0.25, 0.3) is 0 Å². The summed E-state index contributed by atoms with van der Waals surface area (Å²) in [7, 11) is 1.93. The van der Waals surface area contributed by atoms with Crippen LogP contribution in [0.4, 0.5) is 0 Å². The molecule has 0 aliphatic carbocycles. The van der Waals surface area contributed by atoms with Gasteiger partial charge in [-0.25, -0.2) is 0 Å². The predicted octanol–water partition coefficient (Wildman–Crippen LogP) is 0.0673. The highest BCUT2D eigenvalue weighted by atomic mass is 16.2. The van der Waals surface area contributed by atoms with Gasteiger partial charge in [0.1, 0.15) is 12.2 Å². The van der Waals surface area contributed by atoms with Gasteiger partial charge in [0.2, 0.25) is 0 Å². The van der Waals surface area contributed by atoms with Crippen molar-refractivity contribution in [1.29, 1.82) is 0 Å². The van der Waals surface area contributed by atoms with E-state index in [1.54, 1.807) is 6.33 Å². The number of aliphatic hydroxyl groups is 1. The van der Waals surface area contributed by atoms with E-state index in [4.69, 9.17) is 5.11 Å². The molecule has 0 amide bonds. The molecule has 1 aromatic heterocycles. The average molecular weight is 198 g/mol. The minimum Gasteiger partial charge on any atom is -0.396 e. The monoisotopic (exact) mass is 198 g/mol. The molecule has 14 heavy (non-hydrogen) atoms. The molecule has 80 valence electrons. The molecule has 0 saturated heterocycles. The number of hydrogen-bond acceptors (Lipinski definition) is 4. The summed E-state index contributed by atoms with van der Waals surface area (Å²) in [5.41, 5.74) is 0. The van der Waals surface area contributed by atoms with Crippen molar-refractivity contribution in [2.75, 3.05) is 13.2 Å². The van der Waals surface area contributed by atoms with Crippen LogP contribution < -0.4 is 5.32 Å². The second kappa shape index (κ2) is 6.50. The van der Waals surface area contributed by atoms with Crippen LogP contribution in [0.3, 0.4) is 0 Å². The molecule has 1 aromatic rings. The van der Waals surface area contributed by atoms with E-state index in [-0.39, 0.29) is 0 Å². The largest absolute Gasteiger partial charge is 0.396 e. The molecule has 0 fully saturated rings. The lowest BCUT2D eigenvalue weighted by Gasteiger charge is -2.03. The van der Waals surface area contributed by atoms with E-state index in [9.17, 15) is 0 Å². The molecule has 1 rings (SSSR count). The quantitative estimate of drug-likeness (QED) is 0.608. The van der Waals surface area contributed by atoms with E-state index in [0.29, 0.717) is 6.61 Å². The summed E-state index contributed by atoms with van der Waals surface area (Å²) in [6.07, 6.45) is 4.76. The van der Waals surface area contributed by atoms with Crippen molar-refractivity contribution in [2.45, 2.75) is 25.8 Å². The van der Waals surface area contributed by atoms with Crippen LogP contribution in [0.2, 0.25) is 0 Å². The molecule has 5 nitrogen and oxygen atoms in total. The van der Waals surface area contributed by atoms with Crippen LogP contribution >= 0.6 is 0 Å². The van der Waals surface area contributed by atoms with E-state index in [1.807, 2.05) is 11.6 Å². The lowest BCUT2D eigenvalue weighted by Crippen LogP contribution is -2.17. The Morgan fingerprint density at radius 3 is 2.93 bits per heavy atom. The first-order valence-corrected chi connectivity index (χ1v) is 4.99. The first-order valence-electron chi connectivity index (χ1n) is 4.99. The zero-order valence-electron chi connectivity index (χ0n) is 8.61. The molecular weight excluding hydrogens is 180 g/mol. The molecule has 0 atom stereocenters. The Labute approximate surface area is 84.2 Å². The maximum absolute atomic E-state index is 8.57. The van der Waals surface area contributed by atoms with Crippen LogP contribution in [0.5, 0.6) is 0 Å². The molecule has 0 bridgehead atoms. The minimum absolute atomic E-state index is 0.295. The van der Waals surface area contributed by atoms with Crippen LogP contribution in [0, 0.1) is 0 Å². The molecule has 0 spiro atoms. The maximum Gasteiger partial charge on any atom is 0.146 e. The third-order valence-corrected chi connectivity index (χ3v) is 2.10. The fourth-order valence-corrected chi connectivity index (χ4v) is 1.21. The molecular formula is C9H18N4O. The first-order chi connectivity index (χ1) is 6.84. The van der Waals surface area contributed by atoms with Gasteiger partial charge in [-0.1, -0.05) is 0 Å².